The molecule has 1 aromatic heterocycles. The lowest BCUT2D eigenvalue weighted by Crippen LogP contribution is -2.30. The predicted octanol–water partition coefficient (Wildman–Crippen LogP) is 3.27. The van der Waals surface area contributed by atoms with Gasteiger partial charge in [-0.2, -0.15) is 0 Å². The van der Waals surface area contributed by atoms with Crippen LogP contribution in [0.1, 0.15) is 4.88 Å². The van der Waals surface area contributed by atoms with E-state index in [4.69, 9.17) is 11.6 Å². The zero-order valence-electron chi connectivity index (χ0n) is 9.67. The Morgan fingerprint density at radius 3 is 2.32 bits per heavy atom. The smallest absolute Gasteiger partial charge is 0.268 e. The van der Waals surface area contributed by atoms with Gasteiger partial charge in [0.25, 0.3) is 11.8 Å². The van der Waals surface area contributed by atoms with E-state index in [9.17, 15) is 9.59 Å². The van der Waals surface area contributed by atoms with Crippen LogP contribution in [0.3, 0.4) is 0 Å². The Kier molecular flexibility index (Phi) is 2.97. The van der Waals surface area contributed by atoms with Crippen LogP contribution in [-0.4, -0.2) is 11.8 Å². The van der Waals surface area contributed by atoms with Gasteiger partial charge in [0.1, 0.15) is 5.03 Å². The second-order valence-electron chi connectivity index (χ2n) is 3.95. The predicted molar refractivity (Wildman–Crippen MR) is 76.0 cm³/mol. The zero-order chi connectivity index (χ0) is 13.4. The summed E-state index contributed by atoms with van der Waals surface area (Å²) in [5.41, 5.74) is 0.813. The molecule has 3 nitrogen and oxygen atoms in total. The molecule has 2 heterocycles. The summed E-state index contributed by atoms with van der Waals surface area (Å²) in [4.78, 5) is 26.4. The Morgan fingerprint density at radius 2 is 1.68 bits per heavy atom. The van der Waals surface area contributed by atoms with Gasteiger partial charge >= 0.3 is 0 Å². The molecule has 2 amide bonds. The number of hydrogen-bond donors (Lipinski definition) is 0. The average Bonchev–Trinajstić information content (AvgIpc) is 3.00. The molecule has 0 radical (unpaired) electrons. The molecule has 0 N–H and O–H groups in total. The number of hydrogen-bond acceptors (Lipinski definition) is 3. The molecule has 0 atom stereocenters. The summed E-state index contributed by atoms with van der Waals surface area (Å²) in [5, 5.41) is 1.83. The van der Waals surface area contributed by atoms with Crippen LogP contribution in [0.5, 0.6) is 0 Å². The molecular formula is C14H8ClNO2S. The maximum atomic E-state index is 12.4. The molecule has 0 aliphatic carbocycles. The monoisotopic (exact) mass is 289 g/mol. The van der Waals surface area contributed by atoms with Gasteiger partial charge < -0.3 is 0 Å². The van der Waals surface area contributed by atoms with Crippen LogP contribution in [0, 0.1) is 0 Å². The summed E-state index contributed by atoms with van der Waals surface area (Å²) in [7, 11) is 0. The average molecular weight is 290 g/mol. The molecule has 0 unspecified atom stereocenters. The molecule has 3 rings (SSSR count). The minimum absolute atomic E-state index is 0.0173. The summed E-state index contributed by atoms with van der Waals surface area (Å²) < 4.78 is 0. The number of nitrogens with zero attached hydrogens (tertiary/aromatic N) is 1. The van der Waals surface area contributed by atoms with Gasteiger partial charge in [0.2, 0.25) is 0 Å². The standard InChI is InChI=1S/C14H8ClNO2S/c15-12-11(10-7-4-8-19-10)13(17)16(14(12)18)9-5-2-1-3-6-9/h1-8H. The molecule has 2 aromatic rings. The molecule has 1 aromatic carbocycles. The Morgan fingerprint density at radius 1 is 0.947 bits per heavy atom. The highest BCUT2D eigenvalue weighted by Crippen LogP contribution is 2.36. The number of rotatable bonds is 2. The Balaban J connectivity index is 2.07. The molecule has 0 fully saturated rings. The molecule has 5 heteroatoms. The van der Waals surface area contributed by atoms with Gasteiger partial charge in [-0.1, -0.05) is 35.9 Å². The van der Waals surface area contributed by atoms with Crippen molar-refractivity contribution in [1.29, 1.82) is 0 Å². The van der Waals surface area contributed by atoms with Crippen molar-refractivity contribution in [1.82, 2.24) is 0 Å². The van der Waals surface area contributed by atoms with Gasteiger partial charge in [0, 0.05) is 4.88 Å². The van der Waals surface area contributed by atoms with Gasteiger partial charge in [-0.15, -0.1) is 11.3 Å². The number of carbonyl (C=O) groups excluding carboxylic acids is 2. The van der Waals surface area contributed by atoms with Crippen LogP contribution in [0.25, 0.3) is 5.57 Å². The molecule has 94 valence electrons. The van der Waals surface area contributed by atoms with Crippen molar-refractivity contribution in [2.24, 2.45) is 0 Å². The third-order valence-electron chi connectivity index (χ3n) is 2.81. The number of thiophene rings is 1. The van der Waals surface area contributed by atoms with Crippen LogP contribution in [0.15, 0.2) is 52.9 Å². The van der Waals surface area contributed by atoms with Crippen molar-refractivity contribution in [3.05, 3.63) is 57.8 Å². The molecule has 0 saturated heterocycles. The number of halogens is 1. The number of carbonyl (C=O) groups is 2. The number of amides is 2. The lowest BCUT2D eigenvalue weighted by atomic mass is 10.2. The van der Waals surface area contributed by atoms with Crippen molar-refractivity contribution < 1.29 is 9.59 Å². The highest BCUT2D eigenvalue weighted by molar-refractivity contribution is 7.11. The maximum Gasteiger partial charge on any atom is 0.277 e. The van der Waals surface area contributed by atoms with E-state index in [1.54, 1.807) is 30.3 Å². The Hall–Kier alpha value is -1.91. The second kappa shape index (κ2) is 4.64. The zero-order valence-corrected chi connectivity index (χ0v) is 11.2. The largest absolute Gasteiger partial charge is 0.277 e. The molecule has 0 bridgehead atoms. The normalized spacial score (nSPS) is 15.5. The summed E-state index contributed by atoms with van der Waals surface area (Å²) in [6, 6.07) is 12.4. The molecular weight excluding hydrogens is 282 g/mol. The lowest BCUT2D eigenvalue weighted by molar-refractivity contribution is -0.119. The minimum Gasteiger partial charge on any atom is -0.268 e. The molecule has 19 heavy (non-hydrogen) atoms. The SMILES string of the molecule is O=C1C(Cl)=C(c2cccs2)C(=O)N1c1ccccc1. The van der Waals surface area contributed by atoms with E-state index in [1.165, 1.54) is 11.3 Å². The van der Waals surface area contributed by atoms with Crippen LogP contribution in [0.4, 0.5) is 5.69 Å². The van der Waals surface area contributed by atoms with E-state index in [0.29, 0.717) is 10.6 Å². The summed E-state index contributed by atoms with van der Waals surface area (Å²) in [6.07, 6.45) is 0. The number of benzene rings is 1. The lowest BCUT2D eigenvalue weighted by Gasteiger charge is -2.14. The molecule has 1 aliphatic heterocycles. The Labute approximate surface area is 118 Å². The maximum absolute atomic E-state index is 12.4. The first-order valence-corrected chi connectivity index (χ1v) is 6.83. The second-order valence-corrected chi connectivity index (χ2v) is 5.27. The first-order chi connectivity index (χ1) is 9.20. The van der Waals surface area contributed by atoms with Crippen LogP contribution in [-0.2, 0) is 9.59 Å². The number of imide groups is 1. The van der Waals surface area contributed by atoms with Gasteiger partial charge in [0.15, 0.2) is 0 Å². The van der Waals surface area contributed by atoms with E-state index >= 15 is 0 Å². The summed E-state index contributed by atoms with van der Waals surface area (Å²) in [5.74, 6) is -0.843. The van der Waals surface area contributed by atoms with Gasteiger partial charge in [-0.25, -0.2) is 4.90 Å². The van der Waals surface area contributed by atoms with E-state index in [0.717, 1.165) is 4.90 Å². The van der Waals surface area contributed by atoms with E-state index < -0.39 is 5.91 Å². The van der Waals surface area contributed by atoms with E-state index in [2.05, 4.69) is 0 Å². The first-order valence-electron chi connectivity index (χ1n) is 5.57. The summed E-state index contributed by atoms with van der Waals surface area (Å²) in [6.45, 7) is 0. The van der Waals surface area contributed by atoms with Gasteiger partial charge in [-0.05, 0) is 23.6 Å². The fraction of sp³-hybridized carbons (Fsp3) is 0. The van der Waals surface area contributed by atoms with Gasteiger partial charge in [-0.3, -0.25) is 9.59 Å². The van der Waals surface area contributed by atoms with Crippen molar-refractivity contribution in [2.75, 3.05) is 4.90 Å². The van der Waals surface area contributed by atoms with Crippen LogP contribution < -0.4 is 4.90 Å². The topological polar surface area (TPSA) is 37.4 Å². The van der Waals surface area contributed by atoms with Crippen molar-refractivity contribution in [2.45, 2.75) is 0 Å². The van der Waals surface area contributed by atoms with Crippen molar-refractivity contribution in [3.8, 4) is 0 Å². The molecule has 0 spiro atoms. The van der Waals surface area contributed by atoms with Crippen molar-refractivity contribution in [3.63, 3.8) is 0 Å². The third-order valence-corrected chi connectivity index (χ3v) is 4.05. The van der Waals surface area contributed by atoms with Crippen LogP contribution in [0.2, 0.25) is 0 Å². The third kappa shape index (κ3) is 1.89. The molecule has 1 aliphatic rings. The fourth-order valence-corrected chi connectivity index (χ4v) is 3.04. The summed E-state index contributed by atoms with van der Waals surface area (Å²) >= 11 is 7.42. The first kappa shape index (κ1) is 12.1. The highest BCUT2D eigenvalue weighted by Gasteiger charge is 2.39. The Bertz CT molecular complexity index is 677. The number of anilines is 1. The minimum atomic E-state index is -0.471. The molecule has 0 saturated carbocycles. The van der Waals surface area contributed by atoms with E-state index in [1.807, 2.05) is 17.5 Å². The highest BCUT2D eigenvalue weighted by atomic mass is 35.5. The van der Waals surface area contributed by atoms with E-state index in [-0.39, 0.29) is 16.5 Å². The van der Waals surface area contributed by atoms with Crippen LogP contribution >= 0.6 is 22.9 Å². The quantitative estimate of drug-likeness (QED) is 0.796. The fourth-order valence-electron chi connectivity index (χ4n) is 1.95. The number of para-hydroxylation sites is 1. The van der Waals surface area contributed by atoms with Gasteiger partial charge in [0.05, 0.1) is 11.3 Å². The van der Waals surface area contributed by atoms with Crippen molar-refractivity contribution >= 4 is 46.0 Å².